The summed E-state index contributed by atoms with van der Waals surface area (Å²) in [7, 11) is 0. The minimum Gasteiger partial charge on any atom is -0.321 e. The van der Waals surface area contributed by atoms with Crippen molar-refractivity contribution in [1.29, 1.82) is 0 Å². The summed E-state index contributed by atoms with van der Waals surface area (Å²) in [6.45, 7) is 4.44. The maximum Gasteiger partial charge on any atom is 0.0510 e. The van der Waals surface area contributed by atoms with Crippen LogP contribution in [0.2, 0.25) is 0 Å². The molecule has 1 atom stereocenters. The zero-order valence-corrected chi connectivity index (χ0v) is 10.9. The van der Waals surface area contributed by atoms with Crippen molar-refractivity contribution in [3.05, 3.63) is 47.0 Å². The van der Waals surface area contributed by atoms with E-state index in [0.717, 1.165) is 0 Å². The number of hydrogen-bond donors (Lipinski definition) is 1. The van der Waals surface area contributed by atoms with Crippen molar-refractivity contribution in [2.45, 2.75) is 51.5 Å². The molecule has 0 fully saturated rings. The zero-order valence-electron chi connectivity index (χ0n) is 10.9. The van der Waals surface area contributed by atoms with Gasteiger partial charge in [-0.15, -0.1) is 0 Å². The van der Waals surface area contributed by atoms with E-state index < -0.39 is 0 Å². The molecule has 0 saturated heterocycles. The monoisotopic (exact) mass is 229 g/mol. The van der Waals surface area contributed by atoms with Gasteiger partial charge in [0.1, 0.15) is 0 Å². The highest BCUT2D eigenvalue weighted by atomic mass is 14.6. The summed E-state index contributed by atoms with van der Waals surface area (Å²) in [4.78, 5) is 0. The number of benzene rings is 1. The summed E-state index contributed by atoms with van der Waals surface area (Å²) in [5.74, 6) is 0.592. The molecular formula is C16H23N. The third-order valence-corrected chi connectivity index (χ3v) is 3.69. The Morgan fingerprint density at radius 2 is 1.65 bits per heavy atom. The van der Waals surface area contributed by atoms with Crippen LogP contribution in [0, 0.1) is 0 Å². The van der Waals surface area contributed by atoms with Crippen molar-refractivity contribution in [2.75, 3.05) is 0 Å². The summed E-state index contributed by atoms with van der Waals surface area (Å²) in [6, 6.07) is 8.91. The van der Waals surface area contributed by atoms with Crippen LogP contribution in [0.15, 0.2) is 35.9 Å². The molecule has 0 aromatic heterocycles. The second-order valence-corrected chi connectivity index (χ2v) is 5.32. The molecule has 0 aliphatic heterocycles. The van der Waals surface area contributed by atoms with Gasteiger partial charge in [-0.1, -0.05) is 49.8 Å². The van der Waals surface area contributed by atoms with E-state index in [0.29, 0.717) is 5.92 Å². The standard InChI is InChI=1S/C16H23N/c1-12(2)13-8-10-15(11-9-13)16(17)14-6-4-3-5-7-14/h6,8-12,16H,3-5,7,17H2,1-2H3. The molecule has 1 aromatic rings. The molecule has 0 radical (unpaired) electrons. The number of nitrogens with two attached hydrogens (primary N) is 1. The first-order valence-corrected chi connectivity index (χ1v) is 6.73. The van der Waals surface area contributed by atoms with E-state index in [-0.39, 0.29) is 6.04 Å². The maximum atomic E-state index is 6.33. The van der Waals surface area contributed by atoms with Crippen molar-refractivity contribution in [3.63, 3.8) is 0 Å². The van der Waals surface area contributed by atoms with Crippen LogP contribution in [0.3, 0.4) is 0 Å². The lowest BCUT2D eigenvalue weighted by molar-refractivity contribution is 0.648. The van der Waals surface area contributed by atoms with E-state index in [4.69, 9.17) is 5.73 Å². The Labute approximate surface area is 105 Å². The van der Waals surface area contributed by atoms with Crippen molar-refractivity contribution >= 4 is 0 Å². The summed E-state index contributed by atoms with van der Waals surface area (Å²) >= 11 is 0. The Balaban J connectivity index is 2.13. The van der Waals surface area contributed by atoms with E-state index in [1.165, 1.54) is 42.4 Å². The molecule has 1 aliphatic rings. The summed E-state index contributed by atoms with van der Waals surface area (Å²) < 4.78 is 0. The van der Waals surface area contributed by atoms with Gasteiger partial charge in [-0.3, -0.25) is 0 Å². The lowest BCUT2D eigenvalue weighted by Crippen LogP contribution is -2.14. The van der Waals surface area contributed by atoms with Gasteiger partial charge >= 0.3 is 0 Å². The fourth-order valence-corrected chi connectivity index (χ4v) is 2.45. The second kappa shape index (κ2) is 5.50. The van der Waals surface area contributed by atoms with Crippen LogP contribution in [-0.4, -0.2) is 0 Å². The van der Waals surface area contributed by atoms with Crippen LogP contribution in [0.4, 0.5) is 0 Å². The average Bonchev–Trinajstić information content (AvgIpc) is 2.39. The fourth-order valence-electron chi connectivity index (χ4n) is 2.45. The molecular weight excluding hydrogens is 206 g/mol. The molecule has 0 saturated carbocycles. The first kappa shape index (κ1) is 12.4. The molecule has 0 amide bonds. The van der Waals surface area contributed by atoms with E-state index in [1.54, 1.807) is 0 Å². The molecule has 1 nitrogen and oxygen atoms in total. The van der Waals surface area contributed by atoms with Crippen LogP contribution in [0.5, 0.6) is 0 Å². The minimum absolute atomic E-state index is 0.108. The van der Waals surface area contributed by atoms with Gasteiger partial charge < -0.3 is 5.73 Å². The number of rotatable bonds is 3. The molecule has 0 heterocycles. The molecule has 0 bridgehead atoms. The lowest BCUT2D eigenvalue weighted by atomic mass is 9.89. The normalized spacial score (nSPS) is 18.0. The van der Waals surface area contributed by atoms with Gasteiger partial charge in [0.25, 0.3) is 0 Å². The molecule has 1 aromatic carbocycles. The number of allylic oxidation sites excluding steroid dienone is 1. The van der Waals surface area contributed by atoms with Crippen molar-refractivity contribution in [2.24, 2.45) is 5.73 Å². The van der Waals surface area contributed by atoms with Gasteiger partial charge in [0.15, 0.2) is 0 Å². The van der Waals surface area contributed by atoms with Crippen LogP contribution in [0.25, 0.3) is 0 Å². The van der Waals surface area contributed by atoms with Crippen molar-refractivity contribution in [1.82, 2.24) is 0 Å². The van der Waals surface area contributed by atoms with Crippen LogP contribution in [-0.2, 0) is 0 Å². The topological polar surface area (TPSA) is 26.0 Å². The Kier molecular flexibility index (Phi) is 4.01. The third kappa shape index (κ3) is 2.98. The summed E-state index contributed by atoms with van der Waals surface area (Å²) in [5.41, 5.74) is 10.4. The number of hydrogen-bond acceptors (Lipinski definition) is 1. The van der Waals surface area contributed by atoms with Crippen molar-refractivity contribution in [3.8, 4) is 0 Å². The molecule has 1 heteroatoms. The van der Waals surface area contributed by atoms with E-state index in [1.807, 2.05) is 0 Å². The van der Waals surface area contributed by atoms with Gasteiger partial charge in [0, 0.05) is 0 Å². The highest BCUT2D eigenvalue weighted by Gasteiger charge is 2.14. The Bertz CT molecular complexity index is 386. The SMILES string of the molecule is CC(C)c1ccc(C(N)C2=CCCCC2)cc1. The van der Waals surface area contributed by atoms with E-state index in [2.05, 4.69) is 44.2 Å². The van der Waals surface area contributed by atoms with Gasteiger partial charge in [0.2, 0.25) is 0 Å². The predicted molar refractivity (Wildman–Crippen MR) is 74.0 cm³/mol. The highest BCUT2D eigenvalue weighted by Crippen LogP contribution is 2.28. The molecule has 92 valence electrons. The molecule has 17 heavy (non-hydrogen) atoms. The average molecular weight is 229 g/mol. The Morgan fingerprint density at radius 1 is 1.00 bits per heavy atom. The highest BCUT2D eigenvalue weighted by molar-refractivity contribution is 5.32. The maximum absolute atomic E-state index is 6.33. The second-order valence-electron chi connectivity index (χ2n) is 5.32. The smallest absolute Gasteiger partial charge is 0.0510 e. The van der Waals surface area contributed by atoms with Crippen molar-refractivity contribution < 1.29 is 0 Å². The van der Waals surface area contributed by atoms with Gasteiger partial charge in [-0.25, -0.2) is 0 Å². The molecule has 2 N–H and O–H groups in total. The van der Waals surface area contributed by atoms with Gasteiger partial charge in [-0.2, -0.15) is 0 Å². The minimum atomic E-state index is 0.108. The zero-order chi connectivity index (χ0) is 12.3. The predicted octanol–water partition coefficient (Wildman–Crippen LogP) is 4.31. The third-order valence-electron chi connectivity index (χ3n) is 3.69. The molecule has 1 aliphatic carbocycles. The first-order valence-electron chi connectivity index (χ1n) is 6.73. The first-order chi connectivity index (χ1) is 8.18. The fraction of sp³-hybridized carbons (Fsp3) is 0.500. The van der Waals surface area contributed by atoms with Gasteiger partial charge in [0.05, 0.1) is 6.04 Å². The molecule has 1 unspecified atom stereocenters. The van der Waals surface area contributed by atoms with Crippen LogP contribution < -0.4 is 5.73 Å². The van der Waals surface area contributed by atoms with Crippen LogP contribution >= 0.6 is 0 Å². The molecule has 2 rings (SSSR count). The largest absolute Gasteiger partial charge is 0.321 e. The van der Waals surface area contributed by atoms with E-state index >= 15 is 0 Å². The Morgan fingerprint density at radius 3 is 2.18 bits per heavy atom. The Hall–Kier alpha value is -1.08. The summed E-state index contributed by atoms with van der Waals surface area (Å²) in [5, 5.41) is 0. The molecule has 0 spiro atoms. The van der Waals surface area contributed by atoms with Gasteiger partial charge in [-0.05, 0) is 42.7 Å². The lowest BCUT2D eigenvalue weighted by Gasteiger charge is -2.20. The van der Waals surface area contributed by atoms with Crippen LogP contribution in [0.1, 0.15) is 62.6 Å². The van der Waals surface area contributed by atoms with E-state index in [9.17, 15) is 0 Å². The quantitative estimate of drug-likeness (QED) is 0.768. The summed E-state index contributed by atoms with van der Waals surface area (Å²) in [6.07, 6.45) is 7.33.